The van der Waals surface area contributed by atoms with Gasteiger partial charge in [0.2, 0.25) is 5.91 Å². The van der Waals surface area contributed by atoms with Crippen molar-refractivity contribution in [3.63, 3.8) is 0 Å². The Morgan fingerprint density at radius 2 is 1.47 bits per heavy atom. The van der Waals surface area contributed by atoms with Crippen molar-refractivity contribution in [2.45, 2.75) is 89.4 Å². The zero-order chi connectivity index (χ0) is 27.5. The molecule has 0 aliphatic carbocycles. The van der Waals surface area contributed by atoms with Crippen LogP contribution in [-0.2, 0) is 14.8 Å². The molecule has 38 heavy (non-hydrogen) atoms. The highest BCUT2D eigenvalue weighted by atomic mass is 32.2. The summed E-state index contributed by atoms with van der Waals surface area (Å²) in [6, 6.07) is 9.87. The second-order valence-corrected chi connectivity index (χ2v) is 11.3. The van der Waals surface area contributed by atoms with Gasteiger partial charge in [-0.05, 0) is 54.1 Å². The zero-order valence-corrected chi connectivity index (χ0v) is 22.9. The maximum Gasteiger partial charge on any atom is 0.292 e. The third kappa shape index (κ3) is 7.80. The Balaban J connectivity index is 1.65. The SMILES string of the molecule is CCCCCCCCCCCCC(=O)c1ccc2nnn(S(=O)(=O)c3ccc(NC(C)=O)cc3)c(=O)c2c1. The van der Waals surface area contributed by atoms with Crippen molar-refractivity contribution in [2.75, 3.05) is 5.32 Å². The van der Waals surface area contributed by atoms with Crippen molar-refractivity contribution in [3.8, 4) is 0 Å². The minimum atomic E-state index is -4.34. The molecule has 9 nitrogen and oxygen atoms in total. The van der Waals surface area contributed by atoms with Crippen molar-refractivity contribution in [2.24, 2.45) is 0 Å². The molecule has 0 radical (unpaired) electrons. The molecule has 0 aliphatic rings. The quantitative estimate of drug-likeness (QED) is 0.200. The largest absolute Gasteiger partial charge is 0.326 e. The van der Waals surface area contributed by atoms with Gasteiger partial charge in [0, 0.05) is 24.6 Å². The van der Waals surface area contributed by atoms with Crippen LogP contribution in [0.2, 0.25) is 0 Å². The Hall–Kier alpha value is -3.40. The van der Waals surface area contributed by atoms with Crippen molar-refractivity contribution < 1.29 is 18.0 Å². The van der Waals surface area contributed by atoms with Gasteiger partial charge in [0.25, 0.3) is 15.6 Å². The van der Waals surface area contributed by atoms with Gasteiger partial charge in [-0.25, -0.2) is 0 Å². The number of fused-ring (bicyclic) bond motifs is 1. The van der Waals surface area contributed by atoms with Gasteiger partial charge in [-0.2, -0.15) is 8.42 Å². The number of Topliss-reactive ketones (excluding diaryl/α,β-unsaturated/α-hetero) is 1. The Bertz CT molecular complexity index is 1420. The molecule has 204 valence electrons. The van der Waals surface area contributed by atoms with Crippen LogP contribution >= 0.6 is 0 Å². The Kier molecular flexibility index (Phi) is 10.7. The van der Waals surface area contributed by atoms with Crippen molar-refractivity contribution in [3.05, 3.63) is 58.4 Å². The second-order valence-electron chi connectivity index (χ2n) is 9.54. The number of nitrogens with zero attached hydrogens (tertiary/aromatic N) is 3. The summed E-state index contributed by atoms with van der Waals surface area (Å²) in [5.41, 5.74) is 0.0913. The Labute approximate surface area is 223 Å². The van der Waals surface area contributed by atoms with Gasteiger partial charge in [-0.15, -0.1) is 5.10 Å². The van der Waals surface area contributed by atoms with Gasteiger partial charge < -0.3 is 5.32 Å². The van der Waals surface area contributed by atoms with Crippen LogP contribution < -0.4 is 10.9 Å². The van der Waals surface area contributed by atoms with Crippen molar-refractivity contribution in [1.29, 1.82) is 0 Å². The molecule has 1 N–H and O–H groups in total. The number of nitrogens with one attached hydrogen (secondary N) is 1. The highest BCUT2D eigenvalue weighted by Gasteiger charge is 2.22. The van der Waals surface area contributed by atoms with Crippen LogP contribution in [0.3, 0.4) is 0 Å². The number of rotatable bonds is 15. The van der Waals surface area contributed by atoms with E-state index in [9.17, 15) is 22.8 Å². The van der Waals surface area contributed by atoms with E-state index in [4.69, 9.17) is 0 Å². The van der Waals surface area contributed by atoms with E-state index in [1.165, 1.54) is 88.3 Å². The standard InChI is InChI=1S/C28H36N4O5S/c1-3-4-5-6-7-8-9-10-11-12-13-27(34)22-14-19-26-25(20-22)28(35)32(31-30-26)38(36,37)24-17-15-23(16-18-24)29-21(2)33/h14-20H,3-13H2,1-2H3,(H,29,33). The van der Waals surface area contributed by atoms with Gasteiger partial charge in [0.1, 0.15) is 5.52 Å². The first-order chi connectivity index (χ1) is 18.2. The first-order valence-electron chi connectivity index (χ1n) is 13.3. The molecule has 0 atom stereocenters. The normalized spacial score (nSPS) is 11.5. The molecule has 0 unspecified atom stereocenters. The van der Waals surface area contributed by atoms with E-state index in [1.54, 1.807) is 6.07 Å². The fourth-order valence-corrected chi connectivity index (χ4v) is 5.42. The lowest BCUT2D eigenvalue weighted by molar-refractivity contribution is -0.114. The molecular formula is C28H36N4O5S. The fourth-order valence-electron chi connectivity index (χ4n) is 4.29. The van der Waals surface area contributed by atoms with Gasteiger partial charge in [-0.1, -0.05) is 68.8 Å². The number of ketones is 1. The lowest BCUT2D eigenvalue weighted by Crippen LogP contribution is -2.31. The summed E-state index contributed by atoms with van der Waals surface area (Å²) in [5, 5.41) is 10.1. The number of hydrogen-bond donors (Lipinski definition) is 1. The molecule has 1 heterocycles. The van der Waals surface area contributed by atoms with Gasteiger partial charge in [0.05, 0.1) is 10.3 Å². The van der Waals surface area contributed by atoms with E-state index in [0.29, 0.717) is 21.8 Å². The molecule has 1 aromatic heterocycles. The molecule has 3 rings (SSSR count). The number of carbonyl (C=O) groups excluding carboxylic acids is 2. The zero-order valence-electron chi connectivity index (χ0n) is 22.1. The summed E-state index contributed by atoms with van der Waals surface area (Å²) in [5.74, 6) is -0.388. The lowest BCUT2D eigenvalue weighted by Gasteiger charge is -2.08. The fraction of sp³-hybridized carbons (Fsp3) is 0.464. The molecule has 0 saturated carbocycles. The van der Waals surface area contributed by atoms with E-state index in [1.807, 2.05) is 0 Å². The lowest BCUT2D eigenvalue weighted by atomic mass is 10.0. The topological polar surface area (TPSA) is 128 Å². The van der Waals surface area contributed by atoms with Crippen LogP contribution in [0, 0.1) is 0 Å². The molecule has 0 fully saturated rings. The first-order valence-corrected chi connectivity index (χ1v) is 14.7. The summed E-state index contributed by atoms with van der Waals surface area (Å²) >= 11 is 0. The molecule has 2 aromatic carbocycles. The van der Waals surface area contributed by atoms with Gasteiger partial charge >= 0.3 is 0 Å². The maximum atomic E-state index is 13.1. The predicted octanol–water partition coefficient (Wildman–Crippen LogP) is 5.48. The van der Waals surface area contributed by atoms with Crippen LogP contribution in [-0.4, -0.2) is 34.5 Å². The van der Waals surface area contributed by atoms with E-state index in [-0.39, 0.29) is 27.5 Å². The first kappa shape index (κ1) is 29.2. The summed E-state index contributed by atoms with van der Waals surface area (Å²) in [7, 11) is -4.34. The molecule has 0 aliphatic heterocycles. The summed E-state index contributed by atoms with van der Waals surface area (Å²) in [6.07, 6.45) is 12.1. The number of carbonyl (C=O) groups is 2. The van der Waals surface area contributed by atoms with E-state index >= 15 is 0 Å². The van der Waals surface area contributed by atoms with Crippen LogP contribution in [0.4, 0.5) is 5.69 Å². The number of unbranched alkanes of at least 4 members (excludes halogenated alkanes) is 9. The second kappa shape index (κ2) is 13.9. The molecule has 0 saturated heterocycles. The average molecular weight is 541 g/mol. The van der Waals surface area contributed by atoms with E-state index in [2.05, 4.69) is 22.6 Å². The third-order valence-corrected chi connectivity index (χ3v) is 7.98. The average Bonchev–Trinajstić information content (AvgIpc) is 2.89. The minimum Gasteiger partial charge on any atom is -0.326 e. The van der Waals surface area contributed by atoms with Crippen molar-refractivity contribution >= 4 is 38.3 Å². The Morgan fingerprint density at radius 1 is 0.868 bits per heavy atom. The molecule has 10 heteroatoms. The van der Waals surface area contributed by atoms with Gasteiger partial charge in [0.15, 0.2) is 5.78 Å². The minimum absolute atomic E-state index is 0.00682. The number of amides is 1. The number of hydrogen-bond acceptors (Lipinski definition) is 7. The van der Waals surface area contributed by atoms with Crippen LogP contribution in [0.1, 0.15) is 94.8 Å². The van der Waals surface area contributed by atoms with E-state index < -0.39 is 15.6 Å². The highest BCUT2D eigenvalue weighted by Crippen LogP contribution is 2.18. The molecule has 3 aromatic rings. The van der Waals surface area contributed by atoms with Crippen LogP contribution in [0.5, 0.6) is 0 Å². The number of anilines is 1. The summed E-state index contributed by atoms with van der Waals surface area (Å²) in [4.78, 5) is 36.9. The third-order valence-electron chi connectivity index (χ3n) is 6.41. The molecule has 1 amide bonds. The molecule has 0 spiro atoms. The molecular weight excluding hydrogens is 504 g/mol. The summed E-state index contributed by atoms with van der Waals surface area (Å²) < 4.78 is 26.5. The van der Waals surface area contributed by atoms with E-state index in [0.717, 1.165) is 19.3 Å². The maximum absolute atomic E-state index is 13.1. The molecule has 0 bridgehead atoms. The van der Waals surface area contributed by atoms with Crippen LogP contribution in [0.15, 0.2) is 52.2 Å². The number of aromatic nitrogens is 3. The monoisotopic (exact) mass is 540 g/mol. The van der Waals surface area contributed by atoms with Crippen molar-refractivity contribution in [1.82, 2.24) is 14.4 Å². The van der Waals surface area contributed by atoms with Crippen LogP contribution in [0.25, 0.3) is 10.9 Å². The number of benzene rings is 2. The smallest absolute Gasteiger partial charge is 0.292 e. The highest BCUT2D eigenvalue weighted by molar-refractivity contribution is 7.89. The Morgan fingerprint density at radius 3 is 2.08 bits per heavy atom. The predicted molar refractivity (Wildman–Crippen MR) is 148 cm³/mol. The van der Waals surface area contributed by atoms with Gasteiger partial charge in [-0.3, -0.25) is 14.4 Å². The summed E-state index contributed by atoms with van der Waals surface area (Å²) in [6.45, 7) is 3.55.